The van der Waals surface area contributed by atoms with Gasteiger partial charge < -0.3 is 5.32 Å². The minimum Gasteiger partial charge on any atom is -0.317 e. The Hall–Kier alpha value is -0.600. The molecule has 0 spiro atoms. The summed E-state index contributed by atoms with van der Waals surface area (Å²) in [6.45, 7) is 6.50. The predicted octanol–water partition coefficient (Wildman–Crippen LogP) is 4.68. The minimum atomic E-state index is -0.116. The Morgan fingerprint density at radius 1 is 1.30 bits per heavy atom. The lowest BCUT2D eigenvalue weighted by molar-refractivity contribution is 0.183. The van der Waals surface area contributed by atoms with E-state index in [-0.39, 0.29) is 5.82 Å². The summed E-state index contributed by atoms with van der Waals surface area (Å²) in [5.74, 6) is 1.85. The molecule has 1 N–H and O–H groups in total. The average molecular weight is 298 g/mol. The normalized spacial score (nSPS) is 26.7. The maximum absolute atomic E-state index is 13.9. The van der Waals surface area contributed by atoms with Crippen LogP contribution in [-0.4, -0.2) is 13.1 Å². The number of hydrogen-bond donors (Lipinski definition) is 1. The zero-order chi connectivity index (χ0) is 14.5. The zero-order valence-corrected chi connectivity index (χ0v) is 13.2. The van der Waals surface area contributed by atoms with Gasteiger partial charge in [0.2, 0.25) is 0 Å². The molecule has 0 bridgehead atoms. The zero-order valence-electron chi connectivity index (χ0n) is 12.5. The van der Waals surface area contributed by atoms with Crippen LogP contribution in [0.3, 0.4) is 0 Å². The molecule has 0 amide bonds. The van der Waals surface area contributed by atoms with Crippen molar-refractivity contribution < 1.29 is 4.39 Å². The number of rotatable bonds is 5. The number of nitrogens with one attached hydrogen (secondary N) is 1. The standard InChI is InChI=1S/C17H25ClFN/c1-3-20-11-13-5-4-12(2)8-14(13)9-15-10-16(18)6-7-17(15)19/h6-7,10,12-14,20H,3-5,8-9,11H2,1-2H3. The van der Waals surface area contributed by atoms with Gasteiger partial charge in [0.15, 0.2) is 0 Å². The first kappa shape index (κ1) is 15.8. The van der Waals surface area contributed by atoms with Crippen molar-refractivity contribution in [2.45, 2.75) is 39.5 Å². The topological polar surface area (TPSA) is 12.0 Å². The fourth-order valence-corrected chi connectivity index (χ4v) is 3.59. The predicted molar refractivity (Wildman–Crippen MR) is 83.7 cm³/mol. The van der Waals surface area contributed by atoms with Crippen LogP contribution in [0.2, 0.25) is 5.02 Å². The lowest BCUT2D eigenvalue weighted by Crippen LogP contribution is -2.33. The molecular formula is C17H25ClFN. The summed E-state index contributed by atoms with van der Waals surface area (Å²) in [4.78, 5) is 0. The van der Waals surface area contributed by atoms with Crippen LogP contribution in [0.5, 0.6) is 0 Å². The van der Waals surface area contributed by atoms with E-state index in [1.54, 1.807) is 12.1 Å². The van der Waals surface area contributed by atoms with Crippen LogP contribution in [0.4, 0.5) is 4.39 Å². The third-order valence-corrected chi connectivity index (χ3v) is 4.78. The van der Waals surface area contributed by atoms with E-state index in [4.69, 9.17) is 11.6 Å². The first-order valence-electron chi connectivity index (χ1n) is 7.74. The minimum absolute atomic E-state index is 0.116. The van der Waals surface area contributed by atoms with Crippen LogP contribution >= 0.6 is 11.6 Å². The van der Waals surface area contributed by atoms with Gasteiger partial charge in [0.1, 0.15) is 5.82 Å². The number of hydrogen-bond acceptors (Lipinski definition) is 1. The summed E-state index contributed by atoms with van der Waals surface area (Å²) in [5.41, 5.74) is 0.776. The van der Waals surface area contributed by atoms with Gasteiger partial charge >= 0.3 is 0 Å². The third kappa shape index (κ3) is 4.20. The molecule has 3 heteroatoms. The molecule has 1 saturated carbocycles. The SMILES string of the molecule is CCNCC1CCC(C)CC1Cc1cc(Cl)ccc1F. The Balaban J connectivity index is 2.08. The van der Waals surface area contributed by atoms with Crippen LogP contribution in [-0.2, 0) is 6.42 Å². The Morgan fingerprint density at radius 2 is 2.10 bits per heavy atom. The van der Waals surface area contributed by atoms with Crippen molar-refractivity contribution >= 4 is 11.6 Å². The molecule has 1 aromatic rings. The van der Waals surface area contributed by atoms with Crippen molar-refractivity contribution in [3.05, 3.63) is 34.6 Å². The molecular weight excluding hydrogens is 273 g/mol. The molecule has 0 aliphatic heterocycles. The highest BCUT2D eigenvalue weighted by Crippen LogP contribution is 2.36. The smallest absolute Gasteiger partial charge is 0.126 e. The fourth-order valence-electron chi connectivity index (χ4n) is 3.39. The van der Waals surface area contributed by atoms with Crippen LogP contribution in [0.25, 0.3) is 0 Å². The molecule has 1 aromatic carbocycles. The van der Waals surface area contributed by atoms with E-state index in [9.17, 15) is 4.39 Å². The molecule has 0 aromatic heterocycles. The quantitative estimate of drug-likeness (QED) is 0.832. The Labute approximate surface area is 126 Å². The Morgan fingerprint density at radius 3 is 2.85 bits per heavy atom. The molecule has 3 unspecified atom stereocenters. The molecule has 1 nitrogen and oxygen atoms in total. The molecule has 2 rings (SSSR count). The second kappa shape index (κ2) is 7.42. The highest BCUT2D eigenvalue weighted by atomic mass is 35.5. The van der Waals surface area contributed by atoms with Gasteiger partial charge in [0.05, 0.1) is 0 Å². The van der Waals surface area contributed by atoms with Gasteiger partial charge in [0.25, 0.3) is 0 Å². The maximum atomic E-state index is 13.9. The van der Waals surface area contributed by atoms with Crippen LogP contribution in [0, 0.1) is 23.6 Å². The molecule has 1 aliphatic carbocycles. The van der Waals surface area contributed by atoms with Crippen LogP contribution < -0.4 is 5.32 Å². The molecule has 0 heterocycles. The summed E-state index contributed by atoms with van der Waals surface area (Å²) >= 11 is 6.00. The summed E-state index contributed by atoms with van der Waals surface area (Å²) in [6.07, 6.45) is 4.56. The fraction of sp³-hybridized carbons (Fsp3) is 0.647. The number of benzene rings is 1. The lowest BCUT2D eigenvalue weighted by atomic mass is 9.72. The lowest BCUT2D eigenvalue weighted by Gasteiger charge is -2.35. The van der Waals surface area contributed by atoms with Gasteiger partial charge in [-0.2, -0.15) is 0 Å². The van der Waals surface area contributed by atoms with Crippen molar-refractivity contribution in [3.63, 3.8) is 0 Å². The van der Waals surface area contributed by atoms with Crippen molar-refractivity contribution in [3.8, 4) is 0 Å². The van der Waals surface area contributed by atoms with Gasteiger partial charge in [-0.3, -0.25) is 0 Å². The molecule has 0 saturated heterocycles. The molecule has 1 fully saturated rings. The van der Waals surface area contributed by atoms with E-state index in [0.717, 1.165) is 31.0 Å². The van der Waals surface area contributed by atoms with Gasteiger partial charge in [-0.15, -0.1) is 0 Å². The van der Waals surface area contributed by atoms with Crippen molar-refractivity contribution in [2.24, 2.45) is 17.8 Å². The molecule has 1 aliphatic rings. The summed E-state index contributed by atoms with van der Waals surface area (Å²) < 4.78 is 13.9. The monoisotopic (exact) mass is 297 g/mol. The van der Waals surface area contributed by atoms with Crippen molar-refractivity contribution in [1.82, 2.24) is 5.32 Å². The van der Waals surface area contributed by atoms with E-state index in [2.05, 4.69) is 19.2 Å². The van der Waals surface area contributed by atoms with Gasteiger partial charge in [-0.05, 0) is 73.9 Å². The molecule has 20 heavy (non-hydrogen) atoms. The van der Waals surface area contributed by atoms with Gasteiger partial charge in [-0.25, -0.2) is 4.39 Å². The Bertz CT molecular complexity index is 433. The summed E-state index contributed by atoms with van der Waals surface area (Å²) in [5, 5.41) is 4.09. The second-order valence-electron chi connectivity index (χ2n) is 6.19. The van der Waals surface area contributed by atoms with E-state index in [1.807, 2.05) is 0 Å². The second-order valence-corrected chi connectivity index (χ2v) is 6.62. The van der Waals surface area contributed by atoms with Crippen molar-refractivity contribution in [1.29, 1.82) is 0 Å². The third-order valence-electron chi connectivity index (χ3n) is 4.55. The average Bonchev–Trinajstić information content (AvgIpc) is 2.42. The van der Waals surface area contributed by atoms with E-state index >= 15 is 0 Å². The number of halogens is 2. The first-order valence-corrected chi connectivity index (χ1v) is 8.12. The first-order chi connectivity index (χ1) is 9.60. The van der Waals surface area contributed by atoms with Crippen LogP contribution in [0.15, 0.2) is 18.2 Å². The van der Waals surface area contributed by atoms with E-state index in [1.165, 1.54) is 25.3 Å². The molecule has 3 atom stereocenters. The molecule has 112 valence electrons. The van der Waals surface area contributed by atoms with E-state index in [0.29, 0.717) is 16.9 Å². The Kier molecular flexibility index (Phi) is 5.86. The largest absolute Gasteiger partial charge is 0.317 e. The molecule has 0 radical (unpaired) electrons. The van der Waals surface area contributed by atoms with Gasteiger partial charge in [-0.1, -0.05) is 31.9 Å². The van der Waals surface area contributed by atoms with Crippen LogP contribution in [0.1, 0.15) is 38.7 Å². The summed E-state index contributed by atoms with van der Waals surface area (Å²) in [6, 6.07) is 4.91. The highest BCUT2D eigenvalue weighted by molar-refractivity contribution is 6.30. The summed E-state index contributed by atoms with van der Waals surface area (Å²) in [7, 11) is 0. The van der Waals surface area contributed by atoms with E-state index < -0.39 is 0 Å². The maximum Gasteiger partial charge on any atom is 0.126 e. The highest BCUT2D eigenvalue weighted by Gasteiger charge is 2.29. The van der Waals surface area contributed by atoms with Crippen molar-refractivity contribution in [2.75, 3.05) is 13.1 Å². The van der Waals surface area contributed by atoms with Gasteiger partial charge in [0, 0.05) is 5.02 Å².